The molecule has 1 rings (SSSR count). The number of oxime groups is 1. The van der Waals surface area contributed by atoms with E-state index in [1.807, 2.05) is 13.8 Å². The number of hydrogen-bond donors (Lipinski definition) is 2. The monoisotopic (exact) mass is 195 g/mol. The van der Waals surface area contributed by atoms with Crippen LogP contribution in [0.4, 0.5) is 0 Å². The van der Waals surface area contributed by atoms with Gasteiger partial charge in [-0.25, -0.2) is 4.98 Å². The van der Waals surface area contributed by atoms with Crippen molar-refractivity contribution in [3.8, 4) is 5.75 Å². The first-order chi connectivity index (χ1) is 6.65. The molecule has 1 heterocycles. The highest BCUT2D eigenvalue weighted by molar-refractivity contribution is 5.97. The van der Waals surface area contributed by atoms with E-state index in [4.69, 9.17) is 15.7 Å². The maximum atomic E-state index is 8.51. The Bertz CT molecular complexity index is 337. The van der Waals surface area contributed by atoms with E-state index < -0.39 is 0 Å². The van der Waals surface area contributed by atoms with E-state index in [-0.39, 0.29) is 11.9 Å². The summed E-state index contributed by atoms with van der Waals surface area (Å²) in [5.41, 5.74) is 5.78. The highest BCUT2D eigenvalue weighted by atomic mass is 16.5. The Morgan fingerprint density at radius 2 is 2.36 bits per heavy atom. The summed E-state index contributed by atoms with van der Waals surface area (Å²) in [6.07, 6.45) is 1.57. The van der Waals surface area contributed by atoms with Gasteiger partial charge in [0.05, 0.1) is 6.10 Å². The molecule has 76 valence electrons. The van der Waals surface area contributed by atoms with Gasteiger partial charge in [0.1, 0.15) is 5.75 Å². The summed E-state index contributed by atoms with van der Waals surface area (Å²) in [5.74, 6) is 0.457. The van der Waals surface area contributed by atoms with Crippen LogP contribution in [0.15, 0.2) is 23.5 Å². The van der Waals surface area contributed by atoms with Crippen molar-refractivity contribution in [1.29, 1.82) is 0 Å². The molecule has 0 saturated heterocycles. The number of aromatic nitrogens is 1. The van der Waals surface area contributed by atoms with Gasteiger partial charge in [0.2, 0.25) is 0 Å². The quantitative estimate of drug-likeness (QED) is 0.326. The van der Waals surface area contributed by atoms with E-state index >= 15 is 0 Å². The van der Waals surface area contributed by atoms with Crippen molar-refractivity contribution in [3.05, 3.63) is 24.0 Å². The summed E-state index contributed by atoms with van der Waals surface area (Å²) in [4.78, 5) is 3.96. The fraction of sp³-hybridized carbons (Fsp3) is 0.333. The van der Waals surface area contributed by atoms with E-state index in [2.05, 4.69) is 10.1 Å². The van der Waals surface area contributed by atoms with Crippen LogP contribution in [0.2, 0.25) is 0 Å². The molecule has 14 heavy (non-hydrogen) atoms. The normalized spacial score (nSPS) is 11.8. The van der Waals surface area contributed by atoms with Crippen molar-refractivity contribution >= 4 is 5.84 Å². The number of nitrogens with zero attached hydrogens (tertiary/aromatic N) is 2. The van der Waals surface area contributed by atoms with Crippen molar-refractivity contribution in [1.82, 2.24) is 4.98 Å². The molecule has 0 amide bonds. The van der Waals surface area contributed by atoms with Gasteiger partial charge in [-0.05, 0) is 26.0 Å². The molecule has 1 aromatic rings. The Kier molecular flexibility index (Phi) is 3.28. The lowest BCUT2D eigenvalue weighted by Gasteiger charge is -2.11. The summed E-state index contributed by atoms with van der Waals surface area (Å²) in [7, 11) is 0. The van der Waals surface area contributed by atoms with E-state index in [1.54, 1.807) is 18.3 Å². The predicted octanol–water partition coefficient (Wildman–Crippen LogP) is 0.963. The smallest absolute Gasteiger partial charge is 0.192 e. The van der Waals surface area contributed by atoms with Gasteiger partial charge in [0.15, 0.2) is 11.5 Å². The molecule has 0 atom stereocenters. The minimum atomic E-state index is -0.0544. The molecule has 5 nitrogen and oxygen atoms in total. The second-order valence-corrected chi connectivity index (χ2v) is 3.00. The molecule has 0 fully saturated rings. The molecule has 0 spiro atoms. The first-order valence-corrected chi connectivity index (χ1v) is 4.24. The van der Waals surface area contributed by atoms with E-state index in [1.165, 1.54) is 0 Å². The molecule has 0 radical (unpaired) electrons. The van der Waals surface area contributed by atoms with Crippen LogP contribution in [0.5, 0.6) is 5.75 Å². The lowest BCUT2D eigenvalue weighted by Crippen LogP contribution is -2.18. The van der Waals surface area contributed by atoms with Gasteiger partial charge >= 0.3 is 0 Å². The summed E-state index contributed by atoms with van der Waals surface area (Å²) >= 11 is 0. The van der Waals surface area contributed by atoms with Crippen LogP contribution in [-0.4, -0.2) is 22.1 Å². The lowest BCUT2D eigenvalue weighted by molar-refractivity contribution is 0.240. The van der Waals surface area contributed by atoms with Crippen LogP contribution >= 0.6 is 0 Å². The fourth-order valence-corrected chi connectivity index (χ4v) is 0.979. The highest BCUT2D eigenvalue weighted by Gasteiger charge is 2.10. The first kappa shape index (κ1) is 10.3. The summed E-state index contributed by atoms with van der Waals surface area (Å²) < 4.78 is 5.43. The van der Waals surface area contributed by atoms with E-state index in [0.29, 0.717) is 11.4 Å². The molecule has 3 N–H and O–H groups in total. The molecular weight excluding hydrogens is 182 g/mol. The molecule has 0 aliphatic carbocycles. The van der Waals surface area contributed by atoms with Gasteiger partial charge in [0.25, 0.3) is 0 Å². The molecule has 0 aromatic carbocycles. The van der Waals surface area contributed by atoms with Crippen LogP contribution in [0.1, 0.15) is 19.5 Å². The van der Waals surface area contributed by atoms with Crippen molar-refractivity contribution in [2.75, 3.05) is 0 Å². The van der Waals surface area contributed by atoms with Crippen LogP contribution in [0.25, 0.3) is 0 Å². The number of amidine groups is 1. The summed E-state index contributed by atoms with van der Waals surface area (Å²) in [5, 5.41) is 11.4. The van der Waals surface area contributed by atoms with Gasteiger partial charge in [-0.15, -0.1) is 0 Å². The standard InChI is InChI=1S/C9H13N3O2/c1-6(2)14-7-4-3-5-11-8(7)9(10)12-13/h3-6,13H,1-2H3,(H2,10,12). The summed E-state index contributed by atoms with van der Waals surface area (Å²) in [6, 6.07) is 3.45. The van der Waals surface area contributed by atoms with Crippen molar-refractivity contribution in [3.63, 3.8) is 0 Å². The van der Waals surface area contributed by atoms with Crippen LogP contribution < -0.4 is 10.5 Å². The molecular formula is C9H13N3O2. The maximum Gasteiger partial charge on any atom is 0.192 e. The molecule has 0 aliphatic rings. The zero-order valence-electron chi connectivity index (χ0n) is 8.14. The number of rotatable bonds is 3. The Morgan fingerprint density at radius 1 is 1.64 bits per heavy atom. The Morgan fingerprint density at radius 3 is 2.93 bits per heavy atom. The lowest BCUT2D eigenvalue weighted by atomic mass is 10.3. The maximum absolute atomic E-state index is 8.51. The third-order valence-corrected chi connectivity index (χ3v) is 1.48. The average Bonchev–Trinajstić information content (AvgIpc) is 2.16. The van der Waals surface area contributed by atoms with E-state index in [9.17, 15) is 0 Å². The molecule has 0 unspecified atom stereocenters. The number of ether oxygens (including phenoxy) is 1. The van der Waals surface area contributed by atoms with Crippen molar-refractivity contribution in [2.45, 2.75) is 20.0 Å². The second kappa shape index (κ2) is 4.45. The van der Waals surface area contributed by atoms with Crippen LogP contribution in [0, 0.1) is 0 Å². The third-order valence-electron chi connectivity index (χ3n) is 1.48. The fourth-order valence-electron chi connectivity index (χ4n) is 0.979. The minimum absolute atomic E-state index is 0.0180. The first-order valence-electron chi connectivity index (χ1n) is 4.24. The minimum Gasteiger partial charge on any atom is -0.489 e. The van der Waals surface area contributed by atoms with Crippen LogP contribution in [-0.2, 0) is 0 Å². The van der Waals surface area contributed by atoms with Crippen molar-refractivity contribution < 1.29 is 9.94 Å². The Balaban J connectivity index is 3.03. The number of hydrogen-bond acceptors (Lipinski definition) is 4. The molecule has 0 aliphatic heterocycles. The number of pyridine rings is 1. The number of nitrogens with two attached hydrogens (primary N) is 1. The Hall–Kier alpha value is -1.78. The SMILES string of the molecule is CC(C)Oc1cccnc1C(N)=NO. The van der Waals surface area contributed by atoms with Gasteiger partial charge < -0.3 is 15.7 Å². The Labute approximate surface area is 82.2 Å². The molecule has 0 bridgehead atoms. The van der Waals surface area contributed by atoms with Crippen LogP contribution in [0.3, 0.4) is 0 Å². The van der Waals surface area contributed by atoms with Gasteiger partial charge in [-0.2, -0.15) is 0 Å². The third kappa shape index (κ3) is 2.35. The zero-order valence-corrected chi connectivity index (χ0v) is 8.14. The van der Waals surface area contributed by atoms with Crippen molar-refractivity contribution in [2.24, 2.45) is 10.9 Å². The molecule has 5 heteroatoms. The summed E-state index contributed by atoms with van der Waals surface area (Å²) in [6.45, 7) is 3.78. The second-order valence-electron chi connectivity index (χ2n) is 3.00. The average molecular weight is 195 g/mol. The topological polar surface area (TPSA) is 80.7 Å². The highest BCUT2D eigenvalue weighted by Crippen LogP contribution is 2.16. The van der Waals surface area contributed by atoms with Gasteiger partial charge in [-0.1, -0.05) is 5.16 Å². The zero-order chi connectivity index (χ0) is 10.6. The molecule has 1 aromatic heterocycles. The van der Waals surface area contributed by atoms with Gasteiger partial charge in [0, 0.05) is 6.20 Å². The molecule has 0 saturated carbocycles. The predicted molar refractivity (Wildman–Crippen MR) is 52.5 cm³/mol. The largest absolute Gasteiger partial charge is 0.489 e. The van der Waals surface area contributed by atoms with Gasteiger partial charge in [-0.3, -0.25) is 0 Å². The van der Waals surface area contributed by atoms with E-state index in [0.717, 1.165) is 0 Å².